The van der Waals surface area contributed by atoms with E-state index in [0.717, 1.165) is 22.8 Å². The fourth-order valence-electron chi connectivity index (χ4n) is 2.21. The van der Waals surface area contributed by atoms with Crippen molar-refractivity contribution in [2.24, 2.45) is 0 Å². The molecule has 24 heavy (non-hydrogen) atoms. The summed E-state index contributed by atoms with van der Waals surface area (Å²) in [6.07, 6.45) is 0. The van der Waals surface area contributed by atoms with E-state index in [1.54, 1.807) is 0 Å². The van der Waals surface area contributed by atoms with Gasteiger partial charge in [-0.15, -0.1) is 11.3 Å². The molecule has 2 aromatic carbocycles. The highest BCUT2D eigenvalue weighted by molar-refractivity contribution is 7.12. The normalized spacial score (nSPS) is 10.2. The van der Waals surface area contributed by atoms with Gasteiger partial charge in [0, 0.05) is 17.1 Å². The second kappa shape index (κ2) is 7.66. The number of carbonyl (C=O) groups excluding carboxylic acids is 1. The van der Waals surface area contributed by atoms with Crippen LogP contribution in [0.2, 0.25) is 0 Å². The lowest BCUT2D eigenvalue weighted by atomic mass is 10.2. The van der Waals surface area contributed by atoms with Crippen LogP contribution >= 0.6 is 11.3 Å². The summed E-state index contributed by atoms with van der Waals surface area (Å²) in [5.74, 6) is 0.770. The van der Waals surface area contributed by atoms with Crippen LogP contribution < -0.4 is 15.4 Å². The van der Waals surface area contributed by atoms with Crippen LogP contribution in [0.5, 0.6) is 5.75 Å². The molecule has 1 amide bonds. The smallest absolute Gasteiger partial charge is 0.265 e. The highest BCUT2D eigenvalue weighted by Crippen LogP contribution is 2.22. The van der Waals surface area contributed by atoms with Gasteiger partial charge in [0.15, 0.2) is 0 Å². The van der Waals surface area contributed by atoms with E-state index >= 15 is 0 Å². The molecule has 2 N–H and O–H groups in total. The summed E-state index contributed by atoms with van der Waals surface area (Å²) in [4.78, 5) is 12.7. The minimum Gasteiger partial charge on any atom is -0.494 e. The summed E-state index contributed by atoms with van der Waals surface area (Å²) in [5, 5.41) is 8.09. The Morgan fingerprint density at radius 1 is 0.958 bits per heavy atom. The monoisotopic (exact) mass is 338 g/mol. The fraction of sp³-hybridized carbons (Fsp3) is 0.105. The molecule has 0 bridgehead atoms. The van der Waals surface area contributed by atoms with E-state index in [4.69, 9.17) is 4.74 Å². The molecule has 4 nitrogen and oxygen atoms in total. The lowest BCUT2D eigenvalue weighted by Crippen LogP contribution is -2.09. The van der Waals surface area contributed by atoms with Crippen LogP contribution in [0.1, 0.15) is 16.6 Å². The predicted molar refractivity (Wildman–Crippen MR) is 99.6 cm³/mol. The Hall–Kier alpha value is -2.79. The van der Waals surface area contributed by atoms with Gasteiger partial charge in [-0.1, -0.05) is 6.07 Å². The minimum atomic E-state index is -0.0859. The topological polar surface area (TPSA) is 50.4 Å². The van der Waals surface area contributed by atoms with Gasteiger partial charge in [0.05, 0.1) is 11.5 Å². The van der Waals surface area contributed by atoms with Crippen molar-refractivity contribution >= 4 is 34.3 Å². The van der Waals surface area contributed by atoms with Crippen molar-refractivity contribution in [2.75, 3.05) is 17.2 Å². The predicted octanol–water partition coefficient (Wildman–Crippen LogP) is 5.14. The van der Waals surface area contributed by atoms with Gasteiger partial charge in [0.1, 0.15) is 5.75 Å². The first kappa shape index (κ1) is 16.1. The zero-order valence-electron chi connectivity index (χ0n) is 13.3. The molecule has 0 atom stereocenters. The standard InChI is InChI=1S/C19H18N2O2S/c1-2-23-17-11-9-15(10-12-17)20-14-5-7-16(8-6-14)21-19(22)18-4-3-13-24-18/h3-13,20H,2H2,1H3,(H,21,22). The van der Waals surface area contributed by atoms with E-state index < -0.39 is 0 Å². The molecular weight excluding hydrogens is 320 g/mol. The maximum Gasteiger partial charge on any atom is 0.265 e. The van der Waals surface area contributed by atoms with E-state index in [9.17, 15) is 4.79 Å². The molecule has 5 heteroatoms. The molecule has 1 aromatic heterocycles. The summed E-state index contributed by atoms with van der Waals surface area (Å²) in [6, 6.07) is 19.1. The number of carbonyl (C=O) groups is 1. The summed E-state index contributed by atoms with van der Waals surface area (Å²) in [6.45, 7) is 2.62. The number of ether oxygens (including phenoxy) is 1. The molecule has 0 fully saturated rings. The first-order valence-corrected chi connectivity index (χ1v) is 8.57. The maximum atomic E-state index is 12.0. The largest absolute Gasteiger partial charge is 0.494 e. The Morgan fingerprint density at radius 3 is 2.17 bits per heavy atom. The van der Waals surface area contributed by atoms with E-state index in [1.807, 2.05) is 73.0 Å². The van der Waals surface area contributed by atoms with Crippen molar-refractivity contribution in [3.63, 3.8) is 0 Å². The third-order valence-electron chi connectivity index (χ3n) is 3.34. The molecular formula is C19H18N2O2S. The molecule has 0 aliphatic carbocycles. The van der Waals surface area contributed by atoms with Crippen LogP contribution in [0.3, 0.4) is 0 Å². The molecule has 0 saturated heterocycles. The summed E-state index contributed by atoms with van der Waals surface area (Å²) >= 11 is 1.43. The van der Waals surface area contributed by atoms with Crippen LogP contribution in [0.15, 0.2) is 66.0 Å². The number of hydrogen-bond acceptors (Lipinski definition) is 4. The number of rotatable bonds is 6. The Morgan fingerprint density at radius 2 is 1.58 bits per heavy atom. The van der Waals surface area contributed by atoms with Crippen LogP contribution in [0.25, 0.3) is 0 Å². The quantitative estimate of drug-likeness (QED) is 0.654. The first-order valence-electron chi connectivity index (χ1n) is 7.69. The second-order valence-corrected chi connectivity index (χ2v) is 6.04. The second-order valence-electron chi connectivity index (χ2n) is 5.09. The van der Waals surface area contributed by atoms with Gasteiger partial charge in [-0.25, -0.2) is 0 Å². The van der Waals surface area contributed by atoms with Crippen LogP contribution in [0.4, 0.5) is 17.1 Å². The number of benzene rings is 2. The van der Waals surface area contributed by atoms with Gasteiger partial charge in [-0.3, -0.25) is 4.79 Å². The lowest BCUT2D eigenvalue weighted by molar-refractivity contribution is 0.103. The van der Waals surface area contributed by atoms with Crippen LogP contribution in [-0.4, -0.2) is 12.5 Å². The van der Waals surface area contributed by atoms with Gasteiger partial charge in [-0.05, 0) is 66.9 Å². The van der Waals surface area contributed by atoms with Crippen molar-refractivity contribution in [1.82, 2.24) is 0 Å². The highest BCUT2D eigenvalue weighted by atomic mass is 32.1. The zero-order chi connectivity index (χ0) is 16.8. The van der Waals surface area contributed by atoms with Crippen molar-refractivity contribution in [1.29, 1.82) is 0 Å². The Balaban J connectivity index is 1.61. The average Bonchev–Trinajstić information content (AvgIpc) is 3.13. The first-order chi connectivity index (χ1) is 11.7. The maximum absolute atomic E-state index is 12.0. The summed E-state index contributed by atoms with van der Waals surface area (Å²) in [7, 11) is 0. The molecule has 1 heterocycles. The number of anilines is 3. The highest BCUT2D eigenvalue weighted by Gasteiger charge is 2.06. The fourth-order valence-corrected chi connectivity index (χ4v) is 2.82. The zero-order valence-corrected chi connectivity index (χ0v) is 14.1. The van der Waals surface area contributed by atoms with Gasteiger partial charge < -0.3 is 15.4 Å². The van der Waals surface area contributed by atoms with E-state index in [1.165, 1.54) is 11.3 Å². The van der Waals surface area contributed by atoms with Crippen molar-refractivity contribution in [2.45, 2.75) is 6.92 Å². The SMILES string of the molecule is CCOc1ccc(Nc2ccc(NC(=O)c3cccs3)cc2)cc1. The van der Waals surface area contributed by atoms with Gasteiger partial charge in [-0.2, -0.15) is 0 Å². The third kappa shape index (κ3) is 4.14. The third-order valence-corrected chi connectivity index (χ3v) is 4.21. The van der Waals surface area contributed by atoms with Crippen molar-refractivity contribution < 1.29 is 9.53 Å². The average molecular weight is 338 g/mol. The molecule has 0 saturated carbocycles. The molecule has 0 radical (unpaired) electrons. The van der Waals surface area contributed by atoms with Crippen molar-refractivity contribution in [3.05, 3.63) is 70.9 Å². The molecule has 3 rings (SSSR count). The molecule has 0 aliphatic heterocycles. The van der Waals surface area contributed by atoms with Gasteiger partial charge in [0.25, 0.3) is 5.91 Å². The number of hydrogen-bond donors (Lipinski definition) is 2. The van der Waals surface area contributed by atoms with Crippen LogP contribution in [-0.2, 0) is 0 Å². The summed E-state index contributed by atoms with van der Waals surface area (Å²) < 4.78 is 5.43. The molecule has 0 unspecified atom stereocenters. The van der Waals surface area contributed by atoms with Gasteiger partial charge >= 0.3 is 0 Å². The number of thiophene rings is 1. The molecule has 0 spiro atoms. The Labute approximate surface area is 145 Å². The van der Waals surface area contributed by atoms with Crippen molar-refractivity contribution in [3.8, 4) is 5.75 Å². The van der Waals surface area contributed by atoms with E-state index in [-0.39, 0.29) is 5.91 Å². The Bertz CT molecular complexity index is 781. The lowest BCUT2D eigenvalue weighted by Gasteiger charge is -2.09. The number of amides is 1. The molecule has 0 aliphatic rings. The van der Waals surface area contributed by atoms with Gasteiger partial charge in [0.2, 0.25) is 0 Å². The molecule has 122 valence electrons. The minimum absolute atomic E-state index is 0.0859. The van der Waals surface area contributed by atoms with Crippen LogP contribution in [0, 0.1) is 0 Å². The molecule has 3 aromatic rings. The Kier molecular flexibility index (Phi) is 5.13. The van der Waals surface area contributed by atoms with E-state index in [0.29, 0.717) is 11.5 Å². The number of nitrogens with one attached hydrogen (secondary N) is 2. The summed E-state index contributed by atoms with van der Waals surface area (Å²) in [5.41, 5.74) is 2.70. The van der Waals surface area contributed by atoms with E-state index in [2.05, 4.69) is 10.6 Å².